The predicted octanol–water partition coefficient (Wildman–Crippen LogP) is 2.06. The number of para-hydroxylation sites is 2. The molecule has 0 spiro atoms. The molecule has 3 aliphatic heterocycles. The zero-order valence-electron chi connectivity index (χ0n) is 19.3. The van der Waals surface area contributed by atoms with Crippen LogP contribution in [-0.2, 0) is 14.3 Å². The summed E-state index contributed by atoms with van der Waals surface area (Å²) in [6, 6.07) is 12.4. The van der Waals surface area contributed by atoms with Crippen molar-refractivity contribution >= 4 is 34.5 Å². The fourth-order valence-electron chi connectivity index (χ4n) is 4.88. The van der Waals surface area contributed by atoms with Gasteiger partial charge in [-0.1, -0.05) is 12.1 Å². The van der Waals surface area contributed by atoms with Gasteiger partial charge in [-0.2, -0.15) is 0 Å². The van der Waals surface area contributed by atoms with Crippen molar-refractivity contribution in [2.24, 2.45) is 0 Å². The van der Waals surface area contributed by atoms with Crippen LogP contribution in [0.1, 0.15) is 12.5 Å². The van der Waals surface area contributed by atoms with Gasteiger partial charge < -0.3 is 19.5 Å². The number of hydrogen-bond acceptors (Lipinski definition) is 7. The molecule has 1 N–H and O–H groups in total. The first kappa shape index (κ1) is 21.9. The Morgan fingerprint density at radius 2 is 1.80 bits per heavy atom. The maximum atomic E-state index is 13.5. The third kappa shape index (κ3) is 4.19. The number of imidazole rings is 1. The normalized spacial score (nSPS) is 19.7. The first-order chi connectivity index (χ1) is 17.2. The molecule has 10 heteroatoms. The van der Waals surface area contributed by atoms with Crippen molar-refractivity contribution in [1.82, 2.24) is 14.5 Å². The summed E-state index contributed by atoms with van der Waals surface area (Å²) in [6.45, 7) is 5.32. The van der Waals surface area contributed by atoms with E-state index >= 15 is 0 Å². The molecule has 2 amide bonds. The number of hydrogen-bond donors (Lipinski definition) is 1. The first-order valence-electron chi connectivity index (χ1n) is 12.0. The molecule has 0 radical (unpaired) electrons. The zero-order valence-corrected chi connectivity index (χ0v) is 19.3. The van der Waals surface area contributed by atoms with Gasteiger partial charge in [0, 0.05) is 37.9 Å². The van der Waals surface area contributed by atoms with E-state index in [0.717, 1.165) is 30.7 Å². The van der Waals surface area contributed by atoms with Crippen molar-refractivity contribution in [3.63, 3.8) is 0 Å². The molecule has 3 aromatic rings. The van der Waals surface area contributed by atoms with Crippen LogP contribution in [0.5, 0.6) is 11.5 Å². The number of carbonyl (C=O) groups excluding carboxylic acids is 2. The van der Waals surface area contributed by atoms with Gasteiger partial charge in [0.2, 0.25) is 11.9 Å². The quantitative estimate of drug-likeness (QED) is 0.580. The Hall–Kier alpha value is -3.63. The van der Waals surface area contributed by atoms with Crippen LogP contribution in [-0.4, -0.2) is 78.9 Å². The molecular formula is C25H27N5O5. The Kier molecular flexibility index (Phi) is 5.75. The second kappa shape index (κ2) is 9.20. The lowest BCUT2D eigenvalue weighted by atomic mass is 10.1. The minimum absolute atomic E-state index is 0.00861. The molecule has 1 atom stereocenters. The van der Waals surface area contributed by atoms with Crippen LogP contribution in [0.3, 0.4) is 0 Å². The number of fused-ring (bicyclic) bond motifs is 4. The predicted molar refractivity (Wildman–Crippen MR) is 129 cm³/mol. The van der Waals surface area contributed by atoms with Crippen molar-refractivity contribution in [1.29, 1.82) is 0 Å². The van der Waals surface area contributed by atoms with E-state index < -0.39 is 6.04 Å². The molecule has 10 nitrogen and oxygen atoms in total. The zero-order chi connectivity index (χ0) is 23.8. The molecular weight excluding hydrogens is 450 g/mol. The summed E-state index contributed by atoms with van der Waals surface area (Å²) in [7, 11) is 0. The van der Waals surface area contributed by atoms with Gasteiger partial charge in [-0.05, 0) is 24.3 Å². The number of nitrogens with one attached hydrogen (secondary N) is 1. The highest BCUT2D eigenvalue weighted by Crippen LogP contribution is 2.37. The van der Waals surface area contributed by atoms with Gasteiger partial charge >= 0.3 is 0 Å². The monoisotopic (exact) mass is 477 g/mol. The van der Waals surface area contributed by atoms with E-state index in [9.17, 15) is 9.59 Å². The average Bonchev–Trinajstić information content (AvgIpc) is 3.37. The van der Waals surface area contributed by atoms with E-state index in [1.807, 2.05) is 28.8 Å². The summed E-state index contributed by atoms with van der Waals surface area (Å²) in [5.74, 6) is 1.50. The smallest absolute Gasteiger partial charge is 0.253 e. The highest BCUT2D eigenvalue weighted by molar-refractivity contribution is 6.05. The van der Waals surface area contributed by atoms with Crippen LogP contribution in [0.25, 0.3) is 11.0 Å². The van der Waals surface area contributed by atoms with Crippen LogP contribution in [0.4, 0.5) is 11.6 Å². The van der Waals surface area contributed by atoms with Gasteiger partial charge in [-0.3, -0.25) is 24.0 Å². The van der Waals surface area contributed by atoms with Crippen molar-refractivity contribution in [3.8, 4) is 11.5 Å². The Bertz CT molecular complexity index is 1270. The highest BCUT2D eigenvalue weighted by atomic mass is 16.6. The van der Waals surface area contributed by atoms with Crippen molar-refractivity contribution in [2.75, 3.05) is 62.8 Å². The van der Waals surface area contributed by atoms with Crippen molar-refractivity contribution < 1.29 is 23.8 Å². The van der Waals surface area contributed by atoms with E-state index in [2.05, 4.69) is 10.2 Å². The topological polar surface area (TPSA) is 98.2 Å². The molecule has 0 unspecified atom stereocenters. The van der Waals surface area contributed by atoms with Gasteiger partial charge in [-0.15, -0.1) is 0 Å². The molecule has 2 aromatic carbocycles. The third-order valence-electron chi connectivity index (χ3n) is 6.63. The van der Waals surface area contributed by atoms with Gasteiger partial charge in [0.05, 0.1) is 30.7 Å². The number of carbonyl (C=O) groups is 2. The summed E-state index contributed by atoms with van der Waals surface area (Å²) >= 11 is 0. The molecule has 0 bridgehead atoms. The number of aromatic nitrogens is 2. The van der Waals surface area contributed by atoms with Gasteiger partial charge in [0.15, 0.2) is 11.5 Å². The van der Waals surface area contributed by atoms with Gasteiger partial charge in [0.25, 0.3) is 5.91 Å². The summed E-state index contributed by atoms with van der Waals surface area (Å²) < 4.78 is 18.5. The summed E-state index contributed by atoms with van der Waals surface area (Å²) in [6.07, 6.45) is 0.00861. The Labute approximate surface area is 202 Å². The highest BCUT2D eigenvalue weighted by Gasteiger charge is 2.41. The molecule has 6 rings (SSSR count). The standard InChI is InChI=1S/C25H27N5O5/c31-23(26-17-5-6-21-22(15-17)35-14-13-34-21)16-20-24(32)29(8-7-28-9-11-33-12-10-28)25-27-18-3-1-2-4-19(18)30(20)25/h1-6,15,20H,7-14,16H2,(H,26,31)/t20-/m1/s1. The summed E-state index contributed by atoms with van der Waals surface area (Å²) in [5, 5.41) is 2.91. The number of benzene rings is 2. The number of rotatable bonds is 6. The molecule has 1 fully saturated rings. The van der Waals surface area contributed by atoms with Crippen LogP contribution in [0.15, 0.2) is 42.5 Å². The van der Waals surface area contributed by atoms with E-state index in [-0.39, 0.29) is 18.2 Å². The molecule has 1 aromatic heterocycles. The van der Waals surface area contributed by atoms with E-state index in [1.54, 1.807) is 23.1 Å². The fourth-order valence-corrected chi connectivity index (χ4v) is 4.88. The SMILES string of the molecule is O=C(C[C@@H]1C(=O)N(CCN2CCOCC2)c2nc3ccccc3n21)Nc1ccc2c(c1)OCCO2. The molecule has 35 heavy (non-hydrogen) atoms. The molecule has 1 saturated heterocycles. The largest absolute Gasteiger partial charge is 0.486 e. The minimum Gasteiger partial charge on any atom is -0.486 e. The Morgan fingerprint density at radius 3 is 2.66 bits per heavy atom. The fraction of sp³-hybridized carbons (Fsp3) is 0.400. The maximum absolute atomic E-state index is 13.5. The van der Waals surface area contributed by atoms with Gasteiger partial charge in [-0.25, -0.2) is 4.98 Å². The lowest BCUT2D eigenvalue weighted by Crippen LogP contribution is -2.42. The summed E-state index contributed by atoms with van der Waals surface area (Å²) in [5.41, 5.74) is 2.26. The number of ether oxygens (including phenoxy) is 3. The van der Waals surface area contributed by atoms with E-state index in [4.69, 9.17) is 19.2 Å². The van der Waals surface area contributed by atoms with Crippen LogP contribution in [0.2, 0.25) is 0 Å². The number of nitrogens with zero attached hydrogens (tertiary/aromatic N) is 4. The summed E-state index contributed by atoms with van der Waals surface area (Å²) in [4.78, 5) is 35.3. The third-order valence-corrected chi connectivity index (χ3v) is 6.63. The lowest BCUT2D eigenvalue weighted by Gasteiger charge is -2.28. The molecule has 3 aliphatic rings. The second-order valence-electron chi connectivity index (χ2n) is 8.84. The number of amides is 2. The van der Waals surface area contributed by atoms with Crippen LogP contribution in [0, 0.1) is 0 Å². The molecule has 4 heterocycles. The Morgan fingerprint density at radius 1 is 1.00 bits per heavy atom. The Balaban J connectivity index is 1.22. The first-order valence-corrected chi connectivity index (χ1v) is 12.0. The van der Waals surface area contributed by atoms with Crippen molar-refractivity contribution in [3.05, 3.63) is 42.5 Å². The van der Waals surface area contributed by atoms with Crippen molar-refractivity contribution in [2.45, 2.75) is 12.5 Å². The van der Waals surface area contributed by atoms with E-state index in [1.165, 1.54) is 0 Å². The molecule has 182 valence electrons. The van der Waals surface area contributed by atoms with E-state index in [0.29, 0.717) is 56.1 Å². The van der Waals surface area contributed by atoms with Crippen LogP contribution >= 0.6 is 0 Å². The minimum atomic E-state index is -0.653. The molecule has 0 aliphatic carbocycles. The number of morpholine rings is 1. The lowest BCUT2D eigenvalue weighted by molar-refractivity contribution is -0.124. The van der Waals surface area contributed by atoms with Gasteiger partial charge in [0.1, 0.15) is 19.3 Å². The average molecular weight is 478 g/mol. The maximum Gasteiger partial charge on any atom is 0.253 e. The van der Waals surface area contributed by atoms with Crippen LogP contribution < -0.4 is 19.7 Å². The number of anilines is 2. The second-order valence-corrected chi connectivity index (χ2v) is 8.84. The molecule has 0 saturated carbocycles.